The third-order valence-electron chi connectivity index (χ3n) is 5.80. The Hall–Kier alpha value is -2.54. The summed E-state index contributed by atoms with van der Waals surface area (Å²) in [6.45, 7) is 3.22. The van der Waals surface area contributed by atoms with Gasteiger partial charge in [0.05, 0.1) is 16.1 Å². The van der Waals surface area contributed by atoms with Gasteiger partial charge in [-0.3, -0.25) is 9.59 Å². The third-order valence-corrected chi connectivity index (χ3v) is 7.02. The predicted molar refractivity (Wildman–Crippen MR) is 125 cm³/mol. The Morgan fingerprint density at radius 2 is 1.94 bits per heavy atom. The van der Waals surface area contributed by atoms with E-state index in [2.05, 4.69) is 17.3 Å². The van der Waals surface area contributed by atoms with Crippen LogP contribution in [0.25, 0.3) is 10.8 Å². The quantitative estimate of drug-likeness (QED) is 0.506. The number of nitrogens with zero attached hydrogens (tertiary/aromatic N) is 3. The number of unbranched alkanes of at least 4 members (excludes halogenated alkanes) is 2. The maximum absolute atomic E-state index is 12.9. The smallest absolute Gasteiger partial charge is 0.274 e. The van der Waals surface area contributed by atoms with Crippen LogP contribution in [0.3, 0.4) is 0 Å². The van der Waals surface area contributed by atoms with Gasteiger partial charge in [0.25, 0.3) is 11.5 Å². The summed E-state index contributed by atoms with van der Waals surface area (Å²) in [7, 11) is 0. The summed E-state index contributed by atoms with van der Waals surface area (Å²) in [5.41, 5.74) is 1.49. The van der Waals surface area contributed by atoms with Gasteiger partial charge in [-0.05, 0) is 44.6 Å². The van der Waals surface area contributed by atoms with Crippen molar-refractivity contribution in [2.24, 2.45) is 0 Å². The molecular weight excluding hydrogens is 408 g/mol. The first kappa shape index (κ1) is 21.7. The number of fused-ring (bicyclic) bond motifs is 2. The maximum Gasteiger partial charge on any atom is 0.274 e. The summed E-state index contributed by atoms with van der Waals surface area (Å²) in [6, 6.07) is 7.24. The van der Waals surface area contributed by atoms with E-state index in [1.165, 1.54) is 33.1 Å². The Balaban J connectivity index is 1.42. The molecule has 0 saturated carbocycles. The SMILES string of the molecule is CCCCCn1nc(C(=O)NCCCc2nc3c(s2)CCCC3)c2ccccc2c1=O. The molecule has 2 aromatic heterocycles. The highest BCUT2D eigenvalue weighted by Gasteiger charge is 2.17. The molecule has 0 saturated heterocycles. The van der Waals surface area contributed by atoms with Crippen LogP contribution in [0, 0.1) is 0 Å². The molecule has 1 amide bonds. The topological polar surface area (TPSA) is 76.9 Å². The van der Waals surface area contributed by atoms with Gasteiger partial charge in [0.2, 0.25) is 0 Å². The number of rotatable bonds is 9. The molecule has 0 fully saturated rings. The third kappa shape index (κ3) is 5.03. The van der Waals surface area contributed by atoms with Crippen molar-refractivity contribution in [2.45, 2.75) is 71.3 Å². The summed E-state index contributed by atoms with van der Waals surface area (Å²) in [6.07, 6.45) is 9.47. The van der Waals surface area contributed by atoms with E-state index in [-0.39, 0.29) is 11.5 Å². The van der Waals surface area contributed by atoms with Crippen LogP contribution in [0.4, 0.5) is 0 Å². The van der Waals surface area contributed by atoms with Crippen LogP contribution >= 0.6 is 11.3 Å². The zero-order valence-corrected chi connectivity index (χ0v) is 19.0. The van der Waals surface area contributed by atoms with Crippen LogP contribution in [0.2, 0.25) is 0 Å². The molecule has 31 heavy (non-hydrogen) atoms. The molecular formula is C24H30N4O2S. The second kappa shape index (κ2) is 10.2. The molecule has 164 valence electrons. The lowest BCUT2D eigenvalue weighted by Crippen LogP contribution is -2.31. The fraction of sp³-hybridized carbons (Fsp3) is 0.500. The van der Waals surface area contributed by atoms with Gasteiger partial charge in [-0.2, -0.15) is 5.10 Å². The van der Waals surface area contributed by atoms with Crippen molar-refractivity contribution in [1.82, 2.24) is 20.1 Å². The van der Waals surface area contributed by atoms with E-state index < -0.39 is 0 Å². The van der Waals surface area contributed by atoms with Gasteiger partial charge in [0.1, 0.15) is 0 Å². The van der Waals surface area contributed by atoms with Gasteiger partial charge in [-0.1, -0.05) is 38.0 Å². The minimum Gasteiger partial charge on any atom is -0.351 e. The fourth-order valence-electron chi connectivity index (χ4n) is 4.10. The minimum atomic E-state index is -0.223. The van der Waals surface area contributed by atoms with Crippen LogP contribution in [-0.2, 0) is 25.8 Å². The molecule has 1 N–H and O–H groups in total. The highest BCUT2D eigenvalue weighted by atomic mass is 32.1. The van der Waals surface area contributed by atoms with Crippen LogP contribution in [-0.4, -0.2) is 27.2 Å². The Bertz CT molecular complexity index is 1090. The molecule has 2 heterocycles. The first-order valence-electron chi connectivity index (χ1n) is 11.4. The number of carbonyl (C=O) groups excluding carboxylic acids is 1. The first-order valence-corrected chi connectivity index (χ1v) is 12.2. The highest BCUT2D eigenvalue weighted by Crippen LogP contribution is 2.27. The molecule has 0 spiro atoms. The fourth-order valence-corrected chi connectivity index (χ4v) is 5.30. The molecule has 4 rings (SSSR count). The van der Waals surface area contributed by atoms with Crippen molar-refractivity contribution < 1.29 is 4.79 Å². The predicted octanol–water partition coefficient (Wildman–Crippen LogP) is 4.28. The van der Waals surface area contributed by atoms with Crippen molar-refractivity contribution in [1.29, 1.82) is 0 Å². The Morgan fingerprint density at radius 3 is 2.74 bits per heavy atom. The number of amides is 1. The van der Waals surface area contributed by atoms with Crippen molar-refractivity contribution in [3.63, 3.8) is 0 Å². The molecule has 3 aromatic rings. The molecule has 1 aliphatic carbocycles. The monoisotopic (exact) mass is 438 g/mol. The van der Waals surface area contributed by atoms with Crippen LogP contribution in [0.15, 0.2) is 29.1 Å². The highest BCUT2D eigenvalue weighted by molar-refractivity contribution is 7.11. The molecule has 1 aliphatic rings. The van der Waals surface area contributed by atoms with Gasteiger partial charge >= 0.3 is 0 Å². The average Bonchev–Trinajstić information content (AvgIpc) is 3.21. The number of carbonyl (C=O) groups is 1. The summed E-state index contributed by atoms with van der Waals surface area (Å²) >= 11 is 1.83. The molecule has 6 nitrogen and oxygen atoms in total. The van der Waals surface area contributed by atoms with Crippen molar-refractivity contribution in [3.8, 4) is 0 Å². The van der Waals surface area contributed by atoms with E-state index in [1.54, 1.807) is 12.1 Å². The molecule has 0 radical (unpaired) electrons. The lowest BCUT2D eigenvalue weighted by atomic mass is 10.0. The lowest BCUT2D eigenvalue weighted by molar-refractivity contribution is 0.0947. The maximum atomic E-state index is 12.9. The Labute approximate surface area is 186 Å². The van der Waals surface area contributed by atoms with Crippen LogP contribution in [0.5, 0.6) is 0 Å². The van der Waals surface area contributed by atoms with Gasteiger partial charge in [-0.15, -0.1) is 11.3 Å². The van der Waals surface area contributed by atoms with Gasteiger partial charge in [0.15, 0.2) is 5.69 Å². The second-order valence-electron chi connectivity index (χ2n) is 8.17. The summed E-state index contributed by atoms with van der Waals surface area (Å²) in [4.78, 5) is 31.9. The summed E-state index contributed by atoms with van der Waals surface area (Å²) in [5.74, 6) is -0.223. The van der Waals surface area contributed by atoms with Crippen LogP contribution in [0.1, 0.15) is 71.5 Å². The number of benzene rings is 1. The molecule has 7 heteroatoms. The Morgan fingerprint density at radius 1 is 1.13 bits per heavy atom. The van der Waals surface area contributed by atoms with E-state index in [0.29, 0.717) is 29.6 Å². The largest absolute Gasteiger partial charge is 0.351 e. The van der Waals surface area contributed by atoms with E-state index in [0.717, 1.165) is 44.9 Å². The van der Waals surface area contributed by atoms with E-state index in [9.17, 15) is 9.59 Å². The molecule has 1 aromatic carbocycles. The van der Waals surface area contributed by atoms with Gasteiger partial charge in [-0.25, -0.2) is 9.67 Å². The number of hydrogen-bond donors (Lipinski definition) is 1. The molecule has 0 aliphatic heterocycles. The number of thiazole rings is 1. The average molecular weight is 439 g/mol. The van der Waals surface area contributed by atoms with E-state index in [1.807, 2.05) is 23.5 Å². The summed E-state index contributed by atoms with van der Waals surface area (Å²) in [5, 5.41) is 9.77. The van der Waals surface area contributed by atoms with E-state index >= 15 is 0 Å². The standard InChI is InChI=1S/C24H30N4O2S/c1-2-3-8-16-28-24(30)18-11-5-4-10-17(18)22(27-28)23(29)25-15-9-14-21-26-19-12-6-7-13-20(19)31-21/h4-5,10-11H,2-3,6-9,12-16H2,1H3,(H,25,29). The minimum absolute atomic E-state index is 0.129. The van der Waals surface area contributed by atoms with Crippen molar-refractivity contribution >= 4 is 28.0 Å². The number of nitrogens with one attached hydrogen (secondary N) is 1. The first-order chi connectivity index (χ1) is 15.2. The summed E-state index contributed by atoms with van der Waals surface area (Å²) < 4.78 is 1.45. The second-order valence-corrected chi connectivity index (χ2v) is 9.34. The van der Waals surface area contributed by atoms with Crippen molar-refractivity contribution in [3.05, 3.63) is 55.9 Å². The number of aryl methyl sites for hydroxylation is 4. The van der Waals surface area contributed by atoms with Gasteiger partial charge < -0.3 is 5.32 Å². The molecule has 0 unspecified atom stereocenters. The van der Waals surface area contributed by atoms with Gasteiger partial charge in [0, 0.05) is 29.8 Å². The lowest BCUT2D eigenvalue weighted by Gasteiger charge is -2.11. The molecule has 0 bridgehead atoms. The Kier molecular flexibility index (Phi) is 7.12. The number of aromatic nitrogens is 3. The van der Waals surface area contributed by atoms with Crippen LogP contribution < -0.4 is 10.9 Å². The zero-order valence-electron chi connectivity index (χ0n) is 18.2. The normalized spacial score (nSPS) is 13.3. The number of hydrogen-bond acceptors (Lipinski definition) is 5. The van der Waals surface area contributed by atoms with E-state index in [4.69, 9.17) is 4.98 Å². The zero-order chi connectivity index (χ0) is 21.6. The van der Waals surface area contributed by atoms with Crippen molar-refractivity contribution in [2.75, 3.05) is 6.54 Å². The molecule has 0 atom stereocenters.